The number of benzene rings is 1. The molecule has 1 aromatic heterocycles. The lowest BCUT2D eigenvalue weighted by Gasteiger charge is -2.19. The molecule has 0 saturated heterocycles. The monoisotopic (exact) mass is 394 g/mol. The van der Waals surface area contributed by atoms with Gasteiger partial charge in [0.1, 0.15) is 5.60 Å². The maximum atomic E-state index is 11.9. The van der Waals surface area contributed by atoms with Crippen molar-refractivity contribution in [2.75, 3.05) is 34.4 Å². The van der Waals surface area contributed by atoms with Crippen molar-refractivity contribution in [3.05, 3.63) is 17.1 Å². The van der Waals surface area contributed by atoms with Crippen LogP contribution in [0.25, 0.3) is 10.2 Å². The van der Waals surface area contributed by atoms with Crippen LogP contribution in [-0.4, -0.2) is 55.8 Å². The number of carbonyl (C=O) groups is 1. The molecule has 0 saturated carbocycles. The fourth-order valence-electron chi connectivity index (χ4n) is 2.53. The van der Waals surface area contributed by atoms with E-state index >= 15 is 0 Å². The van der Waals surface area contributed by atoms with Gasteiger partial charge in [-0.15, -0.1) is 11.3 Å². The predicted molar refractivity (Wildman–Crippen MR) is 109 cm³/mol. The largest absolute Gasteiger partial charge is 0.493 e. The zero-order valence-corrected chi connectivity index (χ0v) is 17.9. The fourth-order valence-corrected chi connectivity index (χ4v) is 3.50. The highest BCUT2D eigenvalue weighted by molar-refractivity contribution is 7.18. The molecular formula is C20H30N2O4S. The Morgan fingerprint density at radius 3 is 2.59 bits per heavy atom. The van der Waals surface area contributed by atoms with Gasteiger partial charge in [-0.3, -0.25) is 4.79 Å². The second-order valence-corrected chi connectivity index (χ2v) is 8.79. The van der Waals surface area contributed by atoms with Gasteiger partial charge < -0.3 is 19.1 Å². The first-order valence-electron chi connectivity index (χ1n) is 9.15. The number of nitrogens with zero attached hydrogens (tertiary/aromatic N) is 2. The number of ether oxygens (including phenoxy) is 3. The maximum absolute atomic E-state index is 11.9. The second kappa shape index (κ2) is 9.37. The van der Waals surface area contributed by atoms with Crippen molar-refractivity contribution in [1.82, 2.24) is 9.88 Å². The van der Waals surface area contributed by atoms with Crippen molar-refractivity contribution in [3.63, 3.8) is 0 Å². The van der Waals surface area contributed by atoms with Gasteiger partial charge in [0.25, 0.3) is 0 Å². The Labute approximate surface area is 165 Å². The minimum Gasteiger partial charge on any atom is -0.493 e. The summed E-state index contributed by atoms with van der Waals surface area (Å²) in [5, 5.41) is 0.905. The van der Waals surface area contributed by atoms with Crippen LogP contribution in [0.5, 0.6) is 11.5 Å². The van der Waals surface area contributed by atoms with E-state index < -0.39 is 5.60 Å². The molecule has 2 rings (SSSR count). The first-order valence-corrected chi connectivity index (χ1v) is 9.96. The van der Waals surface area contributed by atoms with Gasteiger partial charge >= 0.3 is 5.97 Å². The Kier molecular flexibility index (Phi) is 7.44. The third kappa shape index (κ3) is 6.99. The van der Waals surface area contributed by atoms with Crippen LogP contribution in [0.15, 0.2) is 12.1 Å². The molecule has 0 aliphatic heterocycles. The molecule has 0 aliphatic rings. The number of methoxy groups -OCH3 is 1. The molecule has 0 atom stereocenters. The Bertz CT molecular complexity index is 765. The fraction of sp³-hybridized carbons (Fsp3) is 0.600. The highest BCUT2D eigenvalue weighted by Gasteiger charge is 2.17. The van der Waals surface area contributed by atoms with Crippen LogP contribution in [0.3, 0.4) is 0 Å². The molecule has 6 nitrogen and oxygen atoms in total. The summed E-state index contributed by atoms with van der Waals surface area (Å²) >= 11 is 1.57. The Hall–Kier alpha value is -1.86. The van der Waals surface area contributed by atoms with Crippen LogP contribution in [0.1, 0.15) is 38.6 Å². The minimum absolute atomic E-state index is 0.204. The van der Waals surface area contributed by atoms with Crippen molar-refractivity contribution in [1.29, 1.82) is 0 Å². The van der Waals surface area contributed by atoms with E-state index in [-0.39, 0.29) is 5.97 Å². The molecule has 0 spiro atoms. The standard InChI is InChI=1S/C20H30N2O4S/c1-20(2,3)26-19(23)9-8-18-21-14-12-16(25-11-7-10-22(4)5)15(24-6)13-17(14)27-18/h12-13H,7-11H2,1-6H3. The third-order valence-electron chi connectivity index (χ3n) is 3.69. The summed E-state index contributed by atoms with van der Waals surface area (Å²) in [7, 11) is 5.72. The summed E-state index contributed by atoms with van der Waals surface area (Å²) in [6, 6.07) is 3.86. The SMILES string of the molecule is COc1cc2sc(CCC(=O)OC(C)(C)C)nc2cc1OCCCN(C)C. The van der Waals surface area contributed by atoms with E-state index in [0.717, 1.165) is 28.2 Å². The third-order valence-corrected chi connectivity index (χ3v) is 4.77. The molecule has 0 N–H and O–H groups in total. The van der Waals surface area contributed by atoms with Gasteiger partial charge in [0.15, 0.2) is 11.5 Å². The number of rotatable bonds is 9. The van der Waals surface area contributed by atoms with E-state index in [1.165, 1.54) is 0 Å². The number of carbonyl (C=O) groups excluding carboxylic acids is 1. The average Bonchev–Trinajstić information content (AvgIpc) is 2.96. The molecule has 27 heavy (non-hydrogen) atoms. The Morgan fingerprint density at radius 2 is 1.96 bits per heavy atom. The van der Waals surface area contributed by atoms with E-state index in [0.29, 0.717) is 30.9 Å². The quantitative estimate of drug-likeness (QED) is 0.475. The van der Waals surface area contributed by atoms with E-state index in [4.69, 9.17) is 14.2 Å². The van der Waals surface area contributed by atoms with Crippen LogP contribution in [-0.2, 0) is 16.0 Å². The van der Waals surface area contributed by atoms with Gasteiger partial charge in [0.05, 0.1) is 35.4 Å². The van der Waals surface area contributed by atoms with Crippen molar-refractivity contribution < 1.29 is 19.0 Å². The number of esters is 1. The zero-order chi connectivity index (χ0) is 20.0. The van der Waals surface area contributed by atoms with Crippen molar-refractivity contribution >= 4 is 27.5 Å². The van der Waals surface area contributed by atoms with Crippen molar-refractivity contribution in [2.45, 2.75) is 45.6 Å². The summed E-state index contributed by atoms with van der Waals surface area (Å²) < 4.78 is 17.7. The minimum atomic E-state index is -0.461. The van der Waals surface area contributed by atoms with E-state index in [1.54, 1.807) is 18.4 Å². The molecule has 1 heterocycles. The molecule has 0 fully saturated rings. The van der Waals surface area contributed by atoms with Crippen LogP contribution in [0.2, 0.25) is 0 Å². The number of aryl methyl sites for hydroxylation is 1. The molecule has 0 amide bonds. The molecular weight excluding hydrogens is 364 g/mol. The van der Waals surface area contributed by atoms with Crippen molar-refractivity contribution in [3.8, 4) is 11.5 Å². The number of hydrogen-bond donors (Lipinski definition) is 0. The van der Waals surface area contributed by atoms with E-state index in [1.807, 2.05) is 47.0 Å². The number of thiazole rings is 1. The topological polar surface area (TPSA) is 60.9 Å². The van der Waals surface area contributed by atoms with Gasteiger partial charge in [-0.2, -0.15) is 0 Å². The average molecular weight is 395 g/mol. The summed E-state index contributed by atoms with van der Waals surface area (Å²) in [5.74, 6) is 1.20. The molecule has 2 aromatic rings. The van der Waals surface area contributed by atoms with Crippen LogP contribution in [0, 0.1) is 0 Å². The van der Waals surface area contributed by atoms with Gasteiger partial charge in [-0.25, -0.2) is 4.98 Å². The molecule has 150 valence electrons. The lowest BCUT2D eigenvalue weighted by molar-refractivity contribution is -0.154. The molecule has 0 unspecified atom stereocenters. The second-order valence-electron chi connectivity index (χ2n) is 7.67. The van der Waals surface area contributed by atoms with Crippen LogP contribution in [0.4, 0.5) is 0 Å². The highest BCUT2D eigenvalue weighted by Crippen LogP contribution is 2.35. The summed E-state index contributed by atoms with van der Waals surface area (Å²) in [6.45, 7) is 7.20. The predicted octanol–water partition coefficient (Wildman–Crippen LogP) is 3.91. The van der Waals surface area contributed by atoms with Gasteiger partial charge in [-0.05, 0) is 41.3 Å². The Morgan fingerprint density at radius 1 is 1.22 bits per heavy atom. The summed E-state index contributed by atoms with van der Waals surface area (Å²) in [6.07, 6.45) is 1.82. The molecule has 0 radical (unpaired) electrons. The lowest BCUT2D eigenvalue weighted by atomic mass is 10.2. The number of hydrogen-bond acceptors (Lipinski definition) is 7. The van der Waals surface area contributed by atoms with Crippen molar-refractivity contribution in [2.24, 2.45) is 0 Å². The normalized spacial score (nSPS) is 11.8. The summed E-state index contributed by atoms with van der Waals surface area (Å²) in [4.78, 5) is 18.7. The van der Waals surface area contributed by atoms with Gasteiger partial charge in [0.2, 0.25) is 0 Å². The number of aromatic nitrogens is 1. The molecule has 0 aliphatic carbocycles. The van der Waals surface area contributed by atoms with Crippen LogP contribution < -0.4 is 9.47 Å². The first-order chi connectivity index (χ1) is 12.7. The van der Waals surface area contributed by atoms with E-state index in [9.17, 15) is 4.79 Å². The van der Waals surface area contributed by atoms with Crippen LogP contribution >= 0.6 is 11.3 Å². The lowest BCUT2D eigenvalue weighted by Crippen LogP contribution is -2.23. The molecule has 1 aromatic carbocycles. The van der Waals surface area contributed by atoms with Gasteiger partial charge in [-0.1, -0.05) is 0 Å². The first kappa shape index (κ1) is 21.4. The zero-order valence-electron chi connectivity index (χ0n) is 17.1. The number of fused-ring (bicyclic) bond motifs is 1. The molecule has 7 heteroatoms. The summed E-state index contributed by atoms with van der Waals surface area (Å²) in [5.41, 5.74) is 0.402. The smallest absolute Gasteiger partial charge is 0.306 e. The highest BCUT2D eigenvalue weighted by atomic mass is 32.1. The maximum Gasteiger partial charge on any atom is 0.306 e. The van der Waals surface area contributed by atoms with E-state index in [2.05, 4.69) is 9.88 Å². The van der Waals surface area contributed by atoms with Gasteiger partial charge in [0, 0.05) is 25.1 Å². The Balaban J connectivity index is 2.04. The molecule has 0 bridgehead atoms.